The van der Waals surface area contributed by atoms with Crippen LogP contribution in [0.15, 0.2) is 42.9 Å². The average Bonchev–Trinajstić information content (AvgIpc) is 2.67. The Bertz CT molecular complexity index is 693. The van der Waals surface area contributed by atoms with Gasteiger partial charge >= 0.3 is 0 Å². The molecule has 0 radical (unpaired) electrons. The molecule has 0 saturated carbocycles. The van der Waals surface area contributed by atoms with Crippen LogP contribution in [0.3, 0.4) is 0 Å². The summed E-state index contributed by atoms with van der Waals surface area (Å²) in [5.74, 6) is 0.0493. The Labute approximate surface area is 147 Å². The summed E-state index contributed by atoms with van der Waals surface area (Å²) in [4.78, 5) is 22.8. The highest BCUT2D eigenvalue weighted by atomic mass is 16.5. The Morgan fingerprint density at radius 3 is 3.12 bits per heavy atom. The van der Waals surface area contributed by atoms with Crippen molar-refractivity contribution in [3.63, 3.8) is 0 Å². The lowest BCUT2D eigenvalue weighted by Gasteiger charge is -2.33. The topological polar surface area (TPSA) is 64.5 Å². The van der Waals surface area contributed by atoms with Gasteiger partial charge in [-0.25, -0.2) is 9.97 Å². The van der Waals surface area contributed by atoms with Crippen molar-refractivity contribution in [1.82, 2.24) is 14.9 Å². The highest BCUT2D eigenvalue weighted by molar-refractivity contribution is 5.94. The van der Waals surface area contributed by atoms with Gasteiger partial charge in [0, 0.05) is 37.7 Å². The monoisotopic (exact) mass is 341 g/mol. The number of hydrogen-bond acceptors (Lipinski definition) is 5. The van der Waals surface area contributed by atoms with Crippen molar-refractivity contribution in [3.05, 3.63) is 59.7 Å². The molecular weight excluding hydrogens is 318 g/mol. The number of hydrogen-bond donors (Lipinski definition) is 0. The molecule has 0 spiro atoms. The highest BCUT2D eigenvalue weighted by Crippen LogP contribution is 2.15. The maximum Gasteiger partial charge on any atom is 0.254 e. The molecule has 3 rings (SSSR count). The molecule has 1 aliphatic rings. The van der Waals surface area contributed by atoms with E-state index in [4.69, 9.17) is 9.47 Å². The Kier molecular flexibility index (Phi) is 6.09. The number of carbonyl (C=O) groups is 1. The van der Waals surface area contributed by atoms with Gasteiger partial charge in [-0.1, -0.05) is 12.1 Å². The molecule has 6 heteroatoms. The van der Waals surface area contributed by atoms with Crippen molar-refractivity contribution in [2.45, 2.75) is 25.6 Å². The van der Waals surface area contributed by atoms with E-state index in [0.717, 1.165) is 24.1 Å². The minimum absolute atomic E-state index is 0.0369. The fraction of sp³-hybridized carbons (Fsp3) is 0.421. The second-order valence-corrected chi connectivity index (χ2v) is 6.12. The van der Waals surface area contributed by atoms with Crippen LogP contribution in [0.25, 0.3) is 0 Å². The van der Waals surface area contributed by atoms with E-state index in [1.807, 2.05) is 35.2 Å². The van der Waals surface area contributed by atoms with Crippen LogP contribution in [0.1, 0.15) is 28.0 Å². The van der Waals surface area contributed by atoms with Gasteiger partial charge in [0.25, 0.3) is 5.91 Å². The van der Waals surface area contributed by atoms with Crippen LogP contribution in [-0.2, 0) is 22.5 Å². The van der Waals surface area contributed by atoms with Gasteiger partial charge in [0.15, 0.2) is 0 Å². The average molecular weight is 341 g/mol. The Balaban J connectivity index is 1.58. The predicted octanol–water partition coefficient (Wildman–Crippen LogP) is 2.10. The molecule has 2 aromatic rings. The first-order valence-corrected chi connectivity index (χ1v) is 8.50. The van der Waals surface area contributed by atoms with E-state index >= 15 is 0 Å². The van der Waals surface area contributed by atoms with Crippen molar-refractivity contribution in [2.24, 2.45) is 0 Å². The molecule has 1 aliphatic heterocycles. The van der Waals surface area contributed by atoms with E-state index in [-0.39, 0.29) is 12.0 Å². The molecule has 1 aromatic carbocycles. The molecule has 6 nitrogen and oxygen atoms in total. The Morgan fingerprint density at radius 2 is 2.32 bits per heavy atom. The molecule has 0 N–H and O–H groups in total. The van der Waals surface area contributed by atoms with Crippen LogP contribution in [-0.4, -0.2) is 53.7 Å². The van der Waals surface area contributed by atoms with E-state index in [2.05, 4.69) is 9.97 Å². The smallest absolute Gasteiger partial charge is 0.254 e. The first kappa shape index (κ1) is 17.5. The maximum absolute atomic E-state index is 12.8. The molecule has 2 heterocycles. The zero-order valence-corrected chi connectivity index (χ0v) is 14.4. The summed E-state index contributed by atoms with van der Waals surface area (Å²) in [6.45, 7) is 2.31. The summed E-state index contributed by atoms with van der Waals surface area (Å²) in [5, 5.41) is 0. The van der Waals surface area contributed by atoms with Crippen LogP contribution < -0.4 is 0 Å². The number of methoxy groups -OCH3 is 1. The van der Waals surface area contributed by atoms with Gasteiger partial charge in [0.1, 0.15) is 6.33 Å². The van der Waals surface area contributed by atoms with E-state index in [1.165, 1.54) is 0 Å². The molecule has 25 heavy (non-hydrogen) atoms. The molecule has 1 amide bonds. The number of ether oxygens (including phenoxy) is 2. The first-order valence-electron chi connectivity index (χ1n) is 8.50. The molecule has 1 saturated heterocycles. The number of nitrogens with zero attached hydrogens (tertiary/aromatic N) is 3. The van der Waals surface area contributed by atoms with Crippen LogP contribution in [0, 0.1) is 0 Å². The molecule has 0 bridgehead atoms. The molecule has 1 fully saturated rings. The maximum atomic E-state index is 12.8. The number of amides is 1. The van der Waals surface area contributed by atoms with Gasteiger partial charge < -0.3 is 14.4 Å². The van der Waals surface area contributed by atoms with Gasteiger partial charge in [0.2, 0.25) is 0 Å². The summed E-state index contributed by atoms with van der Waals surface area (Å²) in [5.41, 5.74) is 2.70. The zero-order chi connectivity index (χ0) is 17.5. The van der Waals surface area contributed by atoms with Crippen molar-refractivity contribution in [1.29, 1.82) is 0 Å². The van der Waals surface area contributed by atoms with Crippen molar-refractivity contribution in [3.8, 4) is 0 Å². The van der Waals surface area contributed by atoms with Gasteiger partial charge in [-0.15, -0.1) is 0 Å². The number of aryl methyl sites for hydroxylation is 1. The third kappa shape index (κ3) is 4.84. The molecule has 1 unspecified atom stereocenters. The van der Waals surface area contributed by atoms with Crippen LogP contribution in [0.4, 0.5) is 0 Å². The predicted molar refractivity (Wildman–Crippen MR) is 93.2 cm³/mol. The van der Waals surface area contributed by atoms with Gasteiger partial charge in [-0.3, -0.25) is 4.79 Å². The fourth-order valence-electron chi connectivity index (χ4n) is 3.00. The quantitative estimate of drug-likeness (QED) is 0.805. The molecule has 1 aromatic heterocycles. The second kappa shape index (κ2) is 8.69. The third-order valence-electron chi connectivity index (χ3n) is 4.28. The molecule has 0 aliphatic carbocycles. The number of morpholine rings is 1. The summed E-state index contributed by atoms with van der Waals surface area (Å²) < 4.78 is 11.0. The standard InChI is InChI=1S/C19H23N3O3/c1-24-13-15-3-2-4-16(11-15)19(23)22-9-10-25-18(12-22)6-5-17-7-8-20-14-21-17/h2-4,7-8,11,14,18H,5-6,9-10,12-13H2,1H3. The molecule has 1 atom stereocenters. The van der Waals surface area contributed by atoms with E-state index in [1.54, 1.807) is 19.6 Å². The SMILES string of the molecule is COCc1cccc(C(=O)N2CCOC(CCc3ccncn3)C2)c1. The second-order valence-electron chi connectivity index (χ2n) is 6.12. The van der Waals surface area contributed by atoms with Crippen molar-refractivity contribution >= 4 is 5.91 Å². The van der Waals surface area contributed by atoms with Crippen molar-refractivity contribution < 1.29 is 14.3 Å². The molecule has 132 valence electrons. The first-order chi connectivity index (χ1) is 12.3. The minimum atomic E-state index is 0.0369. The zero-order valence-electron chi connectivity index (χ0n) is 14.4. The van der Waals surface area contributed by atoms with Crippen LogP contribution >= 0.6 is 0 Å². The fourth-order valence-corrected chi connectivity index (χ4v) is 3.00. The number of carbonyl (C=O) groups excluding carboxylic acids is 1. The lowest BCUT2D eigenvalue weighted by Crippen LogP contribution is -2.45. The summed E-state index contributed by atoms with van der Waals surface area (Å²) >= 11 is 0. The number of benzene rings is 1. The summed E-state index contributed by atoms with van der Waals surface area (Å²) in [7, 11) is 1.65. The lowest BCUT2D eigenvalue weighted by atomic mass is 10.1. The Hall–Kier alpha value is -2.31. The normalized spacial score (nSPS) is 17.5. The Morgan fingerprint density at radius 1 is 1.40 bits per heavy atom. The van der Waals surface area contributed by atoms with Gasteiger partial charge in [0.05, 0.1) is 19.3 Å². The minimum Gasteiger partial charge on any atom is -0.380 e. The third-order valence-corrected chi connectivity index (χ3v) is 4.28. The van der Waals surface area contributed by atoms with E-state index in [9.17, 15) is 4.79 Å². The molecular formula is C19H23N3O3. The summed E-state index contributed by atoms with van der Waals surface area (Å²) in [6.07, 6.45) is 4.99. The lowest BCUT2D eigenvalue weighted by molar-refractivity contribution is -0.0247. The highest BCUT2D eigenvalue weighted by Gasteiger charge is 2.25. The largest absolute Gasteiger partial charge is 0.380 e. The van der Waals surface area contributed by atoms with Gasteiger partial charge in [-0.05, 0) is 36.6 Å². The van der Waals surface area contributed by atoms with E-state index in [0.29, 0.717) is 31.9 Å². The van der Waals surface area contributed by atoms with E-state index < -0.39 is 0 Å². The van der Waals surface area contributed by atoms with Crippen molar-refractivity contribution in [2.75, 3.05) is 26.8 Å². The van der Waals surface area contributed by atoms with Crippen LogP contribution in [0.2, 0.25) is 0 Å². The van der Waals surface area contributed by atoms with Crippen LogP contribution in [0.5, 0.6) is 0 Å². The van der Waals surface area contributed by atoms with Gasteiger partial charge in [-0.2, -0.15) is 0 Å². The number of aromatic nitrogens is 2. The summed E-state index contributed by atoms with van der Waals surface area (Å²) in [6, 6.07) is 9.52. The number of rotatable bonds is 6.